The minimum Gasteiger partial charge on any atom is -0.369 e. The zero-order chi connectivity index (χ0) is 11.0. The molecule has 15 heavy (non-hydrogen) atoms. The lowest BCUT2D eigenvalue weighted by Crippen LogP contribution is -2.11. The van der Waals surface area contributed by atoms with Crippen LogP contribution in [0, 0.1) is 5.92 Å². The van der Waals surface area contributed by atoms with Crippen LogP contribution >= 0.6 is 11.3 Å². The highest BCUT2D eigenvalue weighted by Crippen LogP contribution is 2.23. The van der Waals surface area contributed by atoms with Crippen LogP contribution in [0.2, 0.25) is 0 Å². The summed E-state index contributed by atoms with van der Waals surface area (Å²) >= 11 is 1.47. The first-order chi connectivity index (χ1) is 7.08. The summed E-state index contributed by atoms with van der Waals surface area (Å²) < 4.78 is 0. The van der Waals surface area contributed by atoms with Crippen molar-refractivity contribution >= 4 is 27.5 Å². The van der Waals surface area contributed by atoms with Gasteiger partial charge in [0, 0.05) is 0 Å². The van der Waals surface area contributed by atoms with Gasteiger partial charge in [0.05, 0.1) is 5.39 Å². The first-order valence-electron chi connectivity index (χ1n) is 4.84. The molecule has 2 aromatic heterocycles. The predicted octanol–water partition coefficient (Wildman–Crippen LogP) is 1.77. The SMILES string of the molecule is CC(C)Cc1csc2nc(N)[nH]c(=O)c12. The number of anilines is 1. The van der Waals surface area contributed by atoms with Gasteiger partial charge < -0.3 is 5.73 Å². The van der Waals surface area contributed by atoms with Crippen molar-refractivity contribution in [2.24, 2.45) is 5.92 Å². The average Bonchev–Trinajstić information content (AvgIpc) is 2.46. The standard InChI is InChI=1S/C10H13N3OS/c1-5(2)3-6-4-15-9-7(6)8(14)12-10(11)13-9/h4-5H,3H2,1-2H3,(H3,11,12,13,14). The molecule has 0 amide bonds. The molecule has 0 atom stereocenters. The molecule has 0 saturated heterocycles. The topological polar surface area (TPSA) is 71.8 Å². The van der Waals surface area contributed by atoms with Crippen LogP contribution in [-0.4, -0.2) is 9.97 Å². The van der Waals surface area contributed by atoms with Gasteiger partial charge in [-0.15, -0.1) is 11.3 Å². The Morgan fingerprint density at radius 1 is 1.60 bits per heavy atom. The van der Waals surface area contributed by atoms with Crippen molar-refractivity contribution < 1.29 is 0 Å². The third-order valence-electron chi connectivity index (χ3n) is 2.17. The van der Waals surface area contributed by atoms with E-state index < -0.39 is 0 Å². The van der Waals surface area contributed by atoms with Crippen LogP contribution in [0.4, 0.5) is 5.95 Å². The molecule has 3 N–H and O–H groups in total. The first kappa shape index (κ1) is 10.2. The number of hydrogen-bond donors (Lipinski definition) is 2. The molecule has 0 aliphatic heterocycles. The van der Waals surface area contributed by atoms with Gasteiger partial charge in [-0.05, 0) is 23.3 Å². The Labute approximate surface area is 91.2 Å². The fourth-order valence-corrected chi connectivity index (χ4v) is 2.57. The van der Waals surface area contributed by atoms with Crippen molar-refractivity contribution in [2.45, 2.75) is 20.3 Å². The van der Waals surface area contributed by atoms with Crippen LogP contribution in [0.3, 0.4) is 0 Å². The molecule has 80 valence electrons. The van der Waals surface area contributed by atoms with E-state index in [1.165, 1.54) is 11.3 Å². The van der Waals surface area contributed by atoms with E-state index in [1.54, 1.807) is 0 Å². The molecule has 0 aliphatic carbocycles. The van der Waals surface area contributed by atoms with Crippen molar-refractivity contribution in [3.63, 3.8) is 0 Å². The fourth-order valence-electron chi connectivity index (χ4n) is 1.61. The molecule has 5 heteroatoms. The third kappa shape index (κ3) is 1.87. The zero-order valence-corrected chi connectivity index (χ0v) is 9.52. The van der Waals surface area contributed by atoms with Gasteiger partial charge in [0.15, 0.2) is 0 Å². The second-order valence-corrected chi connectivity index (χ2v) is 4.85. The van der Waals surface area contributed by atoms with Crippen LogP contribution in [0.15, 0.2) is 10.2 Å². The molecule has 0 aliphatic rings. The number of fused-ring (bicyclic) bond motifs is 1. The number of rotatable bonds is 2. The minimum absolute atomic E-state index is 0.130. The van der Waals surface area contributed by atoms with Gasteiger partial charge in [-0.25, -0.2) is 4.98 Å². The van der Waals surface area contributed by atoms with E-state index in [1.807, 2.05) is 5.38 Å². The molecule has 0 aromatic carbocycles. The summed E-state index contributed by atoms with van der Waals surface area (Å²) in [5.41, 5.74) is 6.41. The van der Waals surface area contributed by atoms with Crippen LogP contribution < -0.4 is 11.3 Å². The summed E-state index contributed by atoms with van der Waals surface area (Å²) in [6.45, 7) is 4.25. The molecule has 0 radical (unpaired) electrons. The van der Waals surface area contributed by atoms with Gasteiger partial charge in [-0.1, -0.05) is 13.8 Å². The van der Waals surface area contributed by atoms with Crippen molar-refractivity contribution in [3.8, 4) is 0 Å². The molecule has 0 fully saturated rings. The molecule has 0 saturated carbocycles. The average molecular weight is 223 g/mol. The maximum atomic E-state index is 11.7. The van der Waals surface area contributed by atoms with Crippen molar-refractivity contribution in [2.75, 3.05) is 5.73 Å². The van der Waals surface area contributed by atoms with Gasteiger partial charge in [-0.2, -0.15) is 0 Å². The highest BCUT2D eigenvalue weighted by Gasteiger charge is 2.11. The van der Waals surface area contributed by atoms with Crippen molar-refractivity contribution in [1.82, 2.24) is 9.97 Å². The number of thiophene rings is 1. The molecule has 0 spiro atoms. The van der Waals surface area contributed by atoms with E-state index in [0.717, 1.165) is 16.8 Å². The summed E-state index contributed by atoms with van der Waals surface area (Å²) in [6, 6.07) is 0. The molecule has 2 heterocycles. The Hall–Kier alpha value is -1.36. The van der Waals surface area contributed by atoms with Crippen LogP contribution in [0.25, 0.3) is 10.2 Å². The van der Waals surface area contributed by atoms with Gasteiger partial charge >= 0.3 is 0 Å². The van der Waals surface area contributed by atoms with Gasteiger partial charge in [-0.3, -0.25) is 9.78 Å². The summed E-state index contributed by atoms with van der Waals surface area (Å²) in [4.78, 5) is 19.1. The largest absolute Gasteiger partial charge is 0.369 e. The summed E-state index contributed by atoms with van der Waals surface area (Å²) in [5.74, 6) is 0.713. The number of nitrogens with zero attached hydrogens (tertiary/aromatic N) is 1. The highest BCUT2D eigenvalue weighted by atomic mass is 32.1. The van der Waals surface area contributed by atoms with Crippen molar-refractivity contribution in [3.05, 3.63) is 21.3 Å². The second-order valence-electron chi connectivity index (χ2n) is 3.99. The van der Waals surface area contributed by atoms with E-state index in [0.29, 0.717) is 11.3 Å². The number of aromatic amines is 1. The summed E-state index contributed by atoms with van der Waals surface area (Å²) in [7, 11) is 0. The lowest BCUT2D eigenvalue weighted by atomic mass is 10.0. The molecule has 4 nitrogen and oxygen atoms in total. The second kappa shape index (κ2) is 3.66. The van der Waals surface area contributed by atoms with E-state index >= 15 is 0 Å². The molecule has 2 aromatic rings. The summed E-state index contributed by atoms with van der Waals surface area (Å²) in [6.07, 6.45) is 0.897. The number of nitrogens with two attached hydrogens (primary N) is 1. The van der Waals surface area contributed by atoms with E-state index in [2.05, 4.69) is 23.8 Å². The lowest BCUT2D eigenvalue weighted by molar-refractivity contribution is 0.651. The smallest absolute Gasteiger partial charge is 0.261 e. The fraction of sp³-hybridized carbons (Fsp3) is 0.400. The Bertz CT molecular complexity index is 541. The van der Waals surface area contributed by atoms with Gasteiger partial charge in [0.1, 0.15) is 4.83 Å². The Kier molecular flexibility index (Phi) is 2.48. The maximum absolute atomic E-state index is 11.7. The monoisotopic (exact) mass is 223 g/mol. The number of hydrogen-bond acceptors (Lipinski definition) is 4. The lowest BCUT2D eigenvalue weighted by Gasteiger charge is -2.02. The van der Waals surface area contributed by atoms with Crippen LogP contribution in [-0.2, 0) is 6.42 Å². The number of nitrogen functional groups attached to an aromatic ring is 1. The van der Waals surface area contributed by atoms with Gasteiger partial charge in [0.25, 0.3) is 5.56 Å². The Morgan fingerprint density at radius 2 is 2.33 bits per heavy atom. The predicted molar refractivity (Wildman–Crippen MR) is 63.2 cm³/mol. The van der Waals surface area contributed by atoms with Crippen LogP contribution in [0.5, 0.6) is 0 Å². The molecule has 2 rings (SSSR count). The number of H-pyrrole nitrogens is 1. The molecular weight excluding hydrogens is 210 g/mol. The number of aromatic nitrogens is 2. The minimum atomic E-state index is -0.130. The van der Waals surface area contributed by atoms with E-state index in [-0.39, 0.29) is 11.5 Å². The third-order valence-corrected chi connectivity index (χ3v) is 3.09. The maximum Gasteiger partial charge on any atom is 0.261 e. The first-order valence-corrected chi connectivity index (χ1v) is 5.71. The molecule has 0 unspecified atom stereocenters. The van der Waals surface area contributed by atoms with Crippen LogP contribution in [0.1, 0.15) is 19.4 Å². The highest BCUT2D eigenvalue weighted by molar-refractivity contribution is 7.16. The van der Waals surface area contributed by atoms with E-state index in [4.69, 9.17) is 5.73 Å². The quantitative estimate of drug-likeness (QED) is 0.815. The zero-order valence-electron chi connectivity index (χ0n) is 8.70. The van der Waals surface area contributed by atoms with Gasteiger partial charge in [0.2, 0.25) is 5.95 Å². The number of nitrogens with one attached hydrogen (secondary N) is 1. The molecular formula is C10H13N3OS. The molecule has 0 bridgehead atoms. The normalized spacial score (nSPS) is 11.4. The van der Waals surface area contributed by atoms with Crippen molar-refractivity contribution in [1.29, 1.82) is 0 Å². The van der Waals surface area contributed by atoms with E-state index in [9.17, 15) is 4.79 Å². The Balaban J connectivity index is 2.64. The Morgan fingerprint density at radius 3 is 3.00 bits per heavy atom. The summed E-state index contributed by atoms with van der Waals surface area (Å²) in [5, 5.41) is 2.69.